The highest BCUT2D eigenvalue weighted by Gasteiger charge is 2.07. The molecule has 0 aliphatic rings. The molecule has 0 aliphatic carbocycles. The van der Waals surface area contributed by atoms with E-state index in [0.717, 1.165) is 23.3 Å². The van der Waals surface area contributed by atoms with Gasteiger partial charge >= 0.3 is 0 Å². The quantitative estimate of drug-likeness (QED) is 0.622. The highest BCUT2D eigenvalue weighted by atomic mass is 32.2. The summed E-state index contributed by atoms with van der Waals surface area (Å²) in [6.07, 6.45) is 7.50. The Kier molecular flexibility index (Phi) is 4.62. The van der Waals surface area contributed by atoms with Crippen LogP contribution in [-0.4, -0.2) is 38.9 Å². The van der Waals surface area contributed by atoms with Crippen LogP contribution in [0, 0.1) is 0 Å². The third-order valence-electron chi connectivity index (χ3n) is 2.58. The molecule has 102 valence electrons. The van der Waals surface area contributed by atoms with Crippen molar-refractivity contribution in [3.8, 4) is 0 Å². The minimum atomic E-state index is 0.253. The third-order valence-corrected chi connectivity index (χ3v) is 3.13. The van der Waals surface area contributed by atoms with Crippen molar-refractivity contribution in [2.24, 2.45) is 0 Å². The molecule has 1 unspecified atom stereocenters. The highest BCUT2D eigenvalue weighted by Crippen LogP contribution is 2.17. The fourth-order valence-electron chi connectivity index (χ4n) is 1.73. The van der Waals surface area contributed by atoms with Gasteiger partial charge < -0.3 is 15.2 Å². The van der Waals surface area contributed by atoms with Crippen molar-refractivity contribution < 1.29 is 0 Å². The van der Waals surface area contributed by atoms with E-state index in [1.165, 1.54) is 11.8 Å². The second kappa shape index (κ2) is 6.42. The van der Waals surface area contributed by atoms with E-state index in [4.69, 9.17) is 0 Å². The number of anilines is 2. The molecule has 19 heavy (non-hydrogen) atoms. The Labute approximate surface area is 117 Å². The number of nitrogens with one attached hydrogen (secondary N) is 2. The molecule has 6 nitrogen and oxygen atoms in total. The lowest BCUT2D eigenvalue weighted by Gasteiger charge is -2.16. The molecule has 0 fully saturated rings. The van der Waals surface area contributed by atoms with Gasteiger partial charge in [-0.05, 0) is 13.2 Å². The number of imidazole rings is 1. The molecule has 7 heteroatoms. The van der Waals surface area contributed by atoms with Gasteiger partial charge in [-0.15, -0.1) is 0 Å². The molecule has 2 heterocycles. The summed E-state index contributed by atoms with van der Waals surface area (Å²) in [7, 11) is 1.85. The maximum atomic E-state index is 4.44. The first-order valence-corrected chi connectivity index (χ1v) is 7.27. The fraction of sp³-hybridized carbons (Fsp3) is 0.417. The van der Waals surface area contributed by atoms with Gasteiger partial charge in [-0.25, -0.2) is 15.0 Å². The van der Waals surface area contributed by atoms with Crippen LogP contribution < -0.4 is 10.6 Å². The van der Waals surface area contributed by atoms with Crippen molar-refractivity contribution in [1.82, 2.24) is 19.5 Å². The molecule has 0 saturated carbocycles. The van der Waals surface area contributed by atoms with E-state index in [9.17, 15) is 0 Å². The van der Waals surface area contributed by atoms with Crippen LogP contribution in [0.1, 0.15) is 6.92 Å². The van der Waals surface area contributed by atoms with Crippen LogP contribution in [-0.2, 0) is 6.54 Å². The number of hydrogen-bond acceptors (Lipinski definition) is 6. The van der Waals surface area contributed by atoms with Crippen molar-refractivity contribution in [3.05, 3.63) is 24.8 Å². The standard InChI is InChI=1S/C12H18N6S/c1-9(7-18-5-4-14-8-18)15-11-6-10(13-2)16-12(17-11)19-3/h4-6,8-9H,7H2,1-3H3,(H2,13,15,16,17). The number of nitrogens with zero attached hydrogens (tertiary/aromatic N) is 4. The van der Waals surface area contributed by atoms with Crippen molar-refractivity contribution in [1.29, 1.82) is 0 Å². The van der Waals surface area contributed by atoms with E-state index in [2.05, 4.69) is 32.5 Å². The van der Waals surface area contributed by atoms with Gasteiger partial charge in [-0.2, -0.15) is 0 Å². The van der Waals surface area contributed by atoms with Gasteiger partial charge in [0, 0.05) is 38.1 Å². The molecule has 0 radical (unpaired) electrons. The normalized spacial score (nSPS) is 12.2. The smallest absolute Gasteiger partial charge is 0.191 e. The Morgan fingerprint density at radius 1 is 1.37 bits per heavy atom. The summed E-state index contributed by atoms with van der Waals surface area (Å²) in [6.45, 7) is 2.95. The second-order valence-corrected chi connectivity index (χ2v) is 4.95. The molecule has 0 aromatic carbocycles. The average Bonchev–Trinajstić information content (AvgIpc) is 2.90. The SMILES string of the molecule is CNc1cc(NC(C)Cn2ccnc2)nc(SC)n1. The topological polar surface area (TPSA) is 67.7 Å². The molecule has 2 rings (SSSR count). The molecule has 0 saturated heterocycles. The number of rotatable bonds is 6. The Hall–Kier alpha value is -1.76. The lowest BCUT2D eigenvalue weighted by molar-refractivity contribution is 0.616. The number of aromatic nitrogens is 4. The molecule has 0 aliphatic heterocycles. The van der Waals surface area contributed by atoms with Gasteiger partial charge in [0.25, 0.3) is 0 Å². The Morgan fingerprint density at radius 2 is 2.16 bits per heavy atom. The first kappa shape index (κ1) is 13.7. The molecule has 2 N–H and O–H groups in total. The number of thioether (sulfide) groups is 1. The van der Waals surface area contributed by atoms with Gasteiger partial charge in [0.1, 0.15) is 11.6 Å². The monoisotopic (exact) mass is 278 g/mol. The van der Waals surface area contributed by atoms with Gasteiger partial charge in [-0.3, -0.25) is 0 Å². The summed E-state index contributed by atoms with van der Waals surface area (Å²) < 4.78 is 2.04. The Bertz CT molecular complexity index is 491. The fourth-order valence-corrected chi connectivity index (χ4v) is 2.11. The van der Waals surface area contributed by atoms with Crippen LogP contribution in [0.3, 0.4) is 0 Å². The van der Waals surface area contributed by atoms with E-state index in [-0.39, 0.29) is 6.04 Å². The predicted molar refractivity (Wildman–Crippen MR) is 78.7 cm³/mol. The van der Waals surface area contributed by atoms with E-state index >= 15 is 0 Å². The van der Waals surface area contributed by atoms with Crippen molar-refractivity contribution in [2.45, 2.75) is 24.7 Å². The van der Waals surface area contributed by atoms with Gasteiger partial charge in [0.15, 0.2) is 5.16 Å². The molecule has 0 spiro atoms. The molecule has 1 atom stereocenters. The Morgan fingerprint density at radius 3 is 2.79 bits per heavy atom. The third kappa shape index (κ3) is 3.85. The van der Waals surface area contributed by atoms with Crippen LogP contribution in [0.2, 0.25) is 0 Å². The first-order chi connectivity index (χ1) is 9.21. The zero-order valence-electron chi connectivity index (χ0n) is 11.3. The van der Waals surface area contributed by atoms with Crippen LogP contribution in [0.15, 0.2) is 29.9 Å². The molecule has 0 bridgehead atoms. The van der Waals surface area contributed by atoms with Gasteiger partial charge in [0.05, 0.1) is 6.33 Å². The molecule has 0 amide bonds. The summed E-state index contributed by atoms with van der Waals surface area (Å²) >= 11 is 1.53. The van der Waals surface area contributed by atoms with Gasteiger partial charge in [-0.1, -0.05) is 11.8 Å². The lowest BCUT2D eigenvalue weighted by Crippen LogP contribution is -2.22. The maximum absolute atomic E-state index is 4.44. The minimum absolute atomic E-state index is 0.253. The van der Waals surface area contributed by atoms with Crippen molar-refractivity contribution >= 4 is 23.4 Å². The summed E-state index contributed by atoms with van der Waals surface area (Å²) in [5, 5.41) is 7.17. The Balaban J connectivity index is 2.05. The predicted octanol–water partition coefficient (Wildman–Crippen LogP) is 1.94. The van der Waals surface area contributed by atoms with Crippen LogP contribution in [0.25, 0.3) is 0 Å². The summed E-state index contributed by atoms with van der Waals surface area (Å²) in [5.41, 5.74) is 0. The summed E-state index contributed by atoms with van der Waals surface area (Å²) in [6, 6.07) is 2.16. The van der Waals surface area contributed by atoms with E-state index < -0.39 is 0 Å². The number of hydrogen-bond donors (Lipinski definition) is 2. The van der Waals surface area contributed by atoms with Gasteiger partial charge in [0.2, 0.25) is 0 Å². The van der Waals surface area contributed by atoms with E-state index in [0.29, 0.717) is 0 Å². The van der Waals surface area contributed by atoms with E-state index in [1.807, 2.05) is 36.5 Å². The van der Waals surface area contributed by atoms with Crippen LogP contribution in [0.4, 0.5) is 11.6 Å². The second-order valence-electron chi connectivity index (χ2n) is 4.18. The zero-order valence-corrected chi connectivity index (χ0v) is 12.1. The summed E-state index contributed by atoms with van der Waals surface area (Å²) in [4.78, 5) is 12.8. The van der Waals surface area contributed by atoms with Crippen LogP contribution >= 0.6 is 11.8 Å². The molecular weight excluding hydrogens is 260 g/mol. The molecular formula is C12H18N6S. The van der Waals surface area contributed by atoms with Crippen molar-refractivity contribution in [3.63, 3.8) is 0 Å². The van der Waals surface area contributed by atoms with Crippen molar-refractivity contribution in [2.75, 3.05) is 23.9 Å². The average molecular weight is 278 g/mol. The highest BCUT2D eigenvalue weighted by molar-refractivity contribution is 7.98. The molecule has 2 aromatic rings. The van der Waals surface area contributed by atoms with E-state index in [1.54, 1.807) is 6.20 Å². The largest absolute Gasteiger partial charge is 0.373 e. The zero-order chi connectivity index (χ0) is 13.7. The first-order valence-electron chi connectivity index (χ1n) is 6.04. The lowest BCUT2D eigenvalue weighted by atomic mass is 10.3. The molecule has 2 aromatic heterocycles. The summed E-state index contributed by atoms with van der Waals surface area (Å²) in [5.74, 6) is 1.65. The minimum Gasteiger partial charge on any atom is -0.373 e. The van der Waals surface area contributed by atoms with Crippen LogP contribution in [0.5, 0.6) is 0 Å². The maximum Gasteiger partial charge on any atom is 0.191 e.